The van der Waals surface area contributed by atoms with Gasteiger partial charge in [-0.2, -0.15) is 5.26 Å². The Bertz CT molecular complexity index is 991. The predicted octanol–water partition coefficient (Wildman–Crippen LogP) is 2.53. The first-order chi connectivity index (χ1) is 14.0. The molecule has 29 heavy (non-hydrogen) atoms. The van der Waals surface area contributed by atoms with E-state index in [1.807, 2.05) is 24.3 Å². The molecule has 2 N–H and O–H groups in total. The summed E-state index contributed by atoms with van der Waals surface area (Å²) in [5, 5.41) is 9.02. The molecule has 0 aromatic heterocycles. The molecule has 0 unspecified atom stereocenters. The number of hydrogen-bond acceptors (Lipinski definition) is 5. The number of nitrogens with two attached hydrogens (primary N) is 1. The summed E-state index contributed by atoms with van der Waals surface area (Å²) in [6.45, 7) is 1.12. The van der Waals surface area contributed by atoms with Crippen LogP contribution in [0.5, 0.6) is 0 Å². The van der Waals surface area contributed by atoms with E-state index >= 15 is 0 Å². The van der Waals surface area contributed by atoms with E-state index in [4.69, 9.17) is 11.0 Å². The fourth-order valence-electron chi connectivity index (χ4n) is 3.41. The van der Waals surface area contributed by atoms with E-state index in [1.54, 1.807) is 29.2 Å². The molecular weight excluding hydrogens is 366 g/mol. The summed E-state index contributed by atoms with van der Waals surface area (Å²) in [6.07, 6.45) is 3.19. The number of rotatable bonds is 5. The molecule has 1 amide bonds. The van der Waals surface area contributed by atoms with Crippen LogP contribution in [0.2, 0.25) is 0 Å². The second-order valence-electron chi connectivity index (χ2n) is 6.96. The van der Waals surface area contributed by atoms with Gasteiger partial charge in [0.25, 0.3) is 5.91 Å². The van der Waals surface area contributed by atoms with Crippen LogP contribution in [0.25, 0.3) is 5.57 Å². The number of nitriles is 1. The van der Waals surface area contributed by atoms with Crippen molar-refractivity contribution in [2.45, 2.75) is 18.9 Å². The van der Waals surface area contributed by atoms with Gasteiger partial charge in [0.15, 0.2) is 0 Å². The Kier molecular flexibility index (Phi) is 6.43. The third-order valence-electron chi connectivity index (χ3n) is 4.99. The fourth-order valence-corrected chi connectivity index (χ4v) is 3.41. The van der Waals surface area contributed by atoms with Gasteiger partial charge in [-0.15, -0.1) is 0 Å². The monoisotopic (exact) mass is 389 g/mol. The van der Waals surface area contributed by atoms with Crippen LogP contribution < -0.4 is 5.73 Å². The lowest BCUT2D eigenvalue weighted by Crippen LogP contribution is -2.34. The zero-order valence-electron chi connectivity index (χ0n) is 16.3. The number of ether oxygens (including phenoxy) is 1. The van der Waals surface area contributed by atoms with Gasteiger partial charge in [-0.3, -0.25) is 9.59 Å². The topological polar surface area (TPSA) is 96.4 Å². The quantitative estimate of drug-likeness (QED) is 0.793. The average Bonchev–Trinajstić information content (AvgIpc) is 2.78. The molecule has 0 bridgehead atoms. The molecule has 0 saturated heterocycles. The van der Waals surface area contributed by atoms with E-state index in [-0.39, 0.29) is 5.91 Å². The van der Waals surface area contributed by atoms with Crippen LogP contribution in [0, 0.1) is 11.3 Å². The summed E-state index contributed by atoms with van der Waals surface area (Å²) in [5.41, 5.74) is 10.1. The summed E-state index contributed by atoms with van der Waals surface area (Å²) < 4.78 is 4.69. The third-order valence-corrected chi connectivity index (χ3v) is 4.99. The van der Waals surface area contributed by atoms with Gasteiger partial charge < -0.3 is 15.4 Å². The molecule has 1 heterocycles. The maximum atomic E-state index is 12.7. The van der Waals surface area contributed by atoms with Crippen LogP contribution in [-0.4, -0.2) is 43.0 Å². The normalized spacial score (nSPS) is 14.5. The molecule has 1 atom stereocenters. The van der Waals surface area contributed by atoms with E-state index in [0.717, 1.165) is 23.1 Å². The summed E-state index contributed by atoms with van der Waals surface area (Å²) in [5.74, 6) is -0.503. The van der Waals surface area contributed by atoms with Crippen LogP contribution in [0.3, 0.4) is 0 Å². The molecule has 0 aliphatic carbocycles. The van der Waals surface area contributed by atoms with Crippen LogP contribution in [0.4, 0.5) is 0 Å². The van der Waals surface area contributed by atoms with E-state index in [9.17, 15) is 9.59 Å². The lowest BCUT2D eigenvalue weighted by molar-refractivity contribution is -0.142. The first kappa shape index (κ1) is 20.3. The molecule has 1 aliphatic rings. The van der Waals surface area contributed by atoms with Crippen molar-refractivity contribution in [2.24, 2.45) is 5.73 Å². The second-order valence-corrected chi connectivity index (χ2v) is 6.96. The minimum Gasteiger partial charge on any atom is -0.468 e. The highest BCUT2D eigenvalue weighted by Gasteiger charge is 2.20. The smallest absolute Gasteiger partial charge is 0.322 e. The highest BCUT2D eigenvalue weighted by atomic mass is 16.5. The Morgan fingerprint density at radius 2 is 2.03 bits per heavy atom. The van der Waals surface area contributed by atoms with Gasteiger partial charge >= 0.3 is 5.97 Å². The Morgan fingerprint density at radius 1 is 1.24 bits per heavy atom. The van der Waals surface area contributed by atoms with Gasteiger partial charge in [-0.25, -0.2) is 0 Å². The number of methoxy groups -OCH3 is 1. The zero-order chi connectivity index (χ0) is 20.8. The van der Waals surface area contributed by atoms with Crippen LogP contribution in [0.15, 0.2) is 54.6 Å². The Balaban J connectivity index is 1.69. The van der Waals surface area contributed by atoms with Crippen molar-refractivity contribution in [1.82, 2.24) is 4.90 Å². The number of carbonyl (C=O) groups excluding carboxylic acids is 2. The number of carbonyl (C=O) groups is 2. The highest BCUT2D eigenvalue weighted by molar-refractivity contribution is 5.95. The molecule has 2 aromatic rings. The van der Waals surface area contributed by atoms with E-state index in [0.29, 0.717) is 30.6 Å². The van der Waals surface area contributed by atoms with Gasteiger partial charge in [-0.05, 0) is 47.7 Å². The molecule has 3 rings (SSSR count). The minimum absolute atomic E-state index is 0.0739. The molecule has 6 heteroatoms. The maximum Gasteiger partial charge on any atom is 0.322 e. The van der Waals surface area contributed by atoms with Gasteiger partial charge in [-0.1, -0.05) is 36.4 Å². The molecule has 0 radical (unpaired) electrons. The van der Waals surface area contributed by atoms with Gasteiger partial charge in [0.1, 0.15) is 6.04 Å². The summed E-state index contributed by atoms with van der Waals surface area (Å²) >= 11 is 0. The standard InChI is InChI=1S/C23H23N3O3/c1-29-23(28)21(25)14-16-4-2-6-19(12-16)18-8-10-26(11-9-18)22(27)20-7-3-5-17(13-20)15-24/h2-8,12-13,21H,9-11,14,25H2,1H3/t21-/m0/s1. The number of amides is 1. The molecule has 2 aromatic carbocycles. The van der Waals surface area contributed by atoms with Gasteiger partial charge in [0.2, 0.25) is 0 Å². The lowest BCUT2D eigenvalue weighted by atomic mass is 9.95. The van der Waals surface area contributed by atoms with Gasteiger partial charge in [0, 0.05) is 18.7 Å². The Labute approximate surface area is 170 Å². The van der Waals surface area contributed by atoms with Crippen molar-refractivity contribution in [3.63, 3.8) is 0 Å². The summed E-state index contributed by atoms with van der Waals surface area (Å²) in [4.78, 5) is 26.0. The average molecular weight is 389 g/mol. The van der Waals surface area contributed by atoms with Crippen LogP contribution in [0.1, 0.15) is 33.5 Å². The first-order valence-electron chi connectivity index (χ1n) is 9.43. The van der Waals surface area contributed by atoms with E-state index in [2.05, 4.69) is 16.9 Å². The largest absolute Gasteiger partial charge is 0.468 e. The molecule has 0 fully saturated rings. The van der Waals surface area contributed by atoms with Crippen molar-refractivity contribution < 1.29 is 14.3 Å². The zero-order valence-corrected chi connectivity index (χ0v) is 16.3. The number of benzene rings is 2. The summed E-state index contributed by atoms with van der Waals surface area (Å²) in [6, 6.07) is 16.1. The van der Waals surface area contributed by atoms with Gasteiger partial charge in [0.05, 0.1) is 18.7 Å². The van der Waals surface area contributed by atoms with Crippen molar-refractivity contribution in [3.05, 3.63) is 76.9 Å². The first-order valence-corrected chi connectivity index (χ1v) is 9.43. The molecule has 6 nitrogen and oxygen atoms in total. The lowest BCUT2D eigenvalue weighted by Gasteiger charge is -2.27. The SMILES string of the molecule is COC(=O)[C@@H](N)Cc1cccc(C2=CCN(C(=O)c3cccc(C#N)c3)CC2)c1. The number of nitrogens with zero attached hydrogens (tertiary/aromatic N) is 2. The van der Waals surface area contributed by atoms with Crippen molar-refractivity contribution >= 4 is 17.4 Å². The maximum absolute atomic E-state index is 12.7. The molecule has 1 aliphatic heterocycles. The van der Waals surface area contributed by atoms with Crippen molar-refractivity contribution in [3.8, 4) is 6.07 Å². The molecule has 0 saturated carbocycles. The van der Waals surface area contributed by atoms with E-state index < -0.39 is 12.0 Å². The van der Waals surface area contributed by atoms with E-state index in [1.165, 1.54) is 7.11 Å². The Morgan fingerprint density at radius 3 is 2.72 bits per heavy atom. The fraction of sp³-hybridized carbons (Fsp3) is 0.261. The minimum atomic E-state index is -0.687. The summed E-state index contributed by atoms with van der Waals surface area (Å²) in [7, 11) is 1.33. The van der Waals surface area contributed by atoms with Crippen LogP contribution >= 0.6 is 0 Å². The number of esters is 1. The van der Waals surface area contributed by atoms with Crippen molar-refractivity contribution in [2.75, 3.05) is 20.2 Å². The Hall–Kier alpha value is -3.43. The van der Waals surface area contributed by atoms with Crippen LogP contribution in [-0.2, 0) is 16.0 Å². The third kappa shape index (κ3) is 4.89. The second kappa shape index (κ2) is 9.18. The number of hydrogen-bond donors (Lipinski definition) is 1. The predicted molar refractivity (Wildman–Crippen MR) is 110 cm³/mol. The van der Waals surface area contributed by atoms with Crippen molar-refractivity contribution in [1.29, 1.82) is 5.26 Å². The highest BCUT2D eigenvalue weighted by Crippen LogP contribution is 2.24. The molecule has 148 valence electrons. The molecular formula is C23H23N3O3. The molecule has 0 spiro atoms.